The molecule has 134 valence electrons. The van der Waals surface area contributed by atoms with Crippen molar-refractivity contribution >= 4 is 17.7 Å². The van der Waals surface area contributed by atoms with Crippen molar-refractivity contribution in [2.75, 3.05) is 24.7 Å². The maximum Gasteiger partial charge on any atom is 1.00 e. The van der Waals surface area contributed by atoms with Crippen LogP contribution in [0.5, 0.6) is 0 Å². The van der Waals surface area contributed by atoms with E-state index in [1.165, 1.54) is 17.3 Å². The van der Waals surface area contributed by atoms with E-state index < -0.39 is 5.97 Å². The van der Waals surface area contributed by atoms with Gasteiger partial charge in [0.15, 0.2) is 0 Å². The van der Waals surface area contributed by atoms with Crippen LogP contribution in [0.25, 0.3) is 11.5 Å². The van der Waals surface area contributed by atoms with Gasteiger partial charge in [-0.3, -0.25) is 0 Å². The predicted molar refractivity (Wildman–Crippen MR) is 97.4 cm³/mol. The topological polar surface area (TPSA) is 75.4 Å². The Labute approximate surface area is 180 Å². The third-order valence-corrected chi connectivity index (χ3v) is 4.36. The van der Waals surface area contributed by atoms with Gasteiger partial charge in [-0.25, -0.2) is 4.98 Å². The van der Waals surface area contributed by atoms with Gasteiger partial charge in [0.2, 0.25) is 5.89 Å². The summed E-state index contributed by atoms with van der Waals surface area (Å²) in [5.41, 5.74) is 3.08. The molecule has 0 bridgehead atoms. The van der Waals surface area contributed by atoms with Gasteiger partial charge in [-0.2, -0.15) is 11.8 Å². The quantitative estimate of drug-likeness (QED) is 0.315. The second kappa shape index (κ2) is 12.4. The average molecular weight is 383 g/mol. The van der Waals surface area contributed by atoms with Crippen molar-refractivity contribution in [2.45, 2.75) is 20.3 Å². The Morgan fingerprint density at radius 1 is 1.27 bits per heavy atom. The summed E-state index contributed by atoms with van der Waals surface area (Å²) < 4.78 is 11.3. The van der Waals surface area contributed by atoms with Crippen LogP contribution in [0.3, 0.4) is 0 Å². The monoisotopic (exact) mass is 383 g/mol. The molecule has 0 aliphatic carbocycles. The number of hydrogen-bond acceptors (Lipinski definition) is 6. The zero-order valence-corrected chi connectivity index (χ0v) is 18.3. The molecule has 0 fully saturated rings. The number of hydrogen-bond donors (Lipinski definition) is 0. The van der Waals surface area contributed by atoms with E-state index in [1.807, 2.05) is 50.3 Å². The minimum Gasteiger partial charge on any atom is -0.549 e. The fourth-order valence-corrected chi connectivity index (χ4v) is 2.70. The van der Waals surface area contributed by atoms with Gasteiger partial charge < -0.3 is 19.1 Å². The van der Waals surface area contributed by atoms with Gasteiger partial charge in [-0.15, -0.1) is 0 Å². The molecule has 0 atom stereocenters. The van der Waals surface area contributed by atoms with E-state index in [9.17, 15) is 9.90 Å². The van der Waals surface area contributed by atoms with Crippen LogP contribution in [-0.4, -0.2) is 35.7 Å². The van der Waals surface area contributed by atoms with Crippen LogP contribution in [0, 0.1) is 13.8 Å². The molecule has 0 saturated heterocycles. The Kier molecular flexibility index (Phi) is 10.9. The number of aryl methyl sites for hydroxylation is 2. The van der Waals surface area contributed by atoms with E-state index in [1.54, 1.807) is 0 Å². The number of aromatic nitrogens is 1. The second-order valence-electron chi connectivity index (χ2n) is 5.57. The number of carbonyl (C=O) groups is 1. The van der Waals surface area contributed by atoms with Crippen molar-refractivity contribution < 1.29 is 48.6 Å². The molecule has 26 heavy (non-hydrogen) atoms. The molecule has 0 saturated carbocycles. The van der Waals surface area contributed by atoms with E-state index in [0.717, 1.165) is 17.0 Å². The van der Waals surface area contributed by atoms with Gasteiger partial charge in [0, 0.05) is 23.5 Å². The van der Waals surface area contributed by atoms with Crippen LogP contribution in [0.4, 0.5) is 0 Å². The number of rotatable bonds is 10. The number of carbonyl (C=O) groups excluding carboxylic acids is 1. The van der Waals surface area contributed by atoms with Crippen molar-refractivity contribution in [3.63, 3.8) is 0 Å². The first-order valence-corrected chi connectivity index (χ1v) is 9.25. The molecule has 0 spiro atoms. The fraction of sp³-hybridized carbons (Fsp3) is 0.368. The summed E-state index contributed by atoms with van der Waals surface area (Å²) in [7, 11) is 0. The molecular weight excluding hydrogens is 361 g/mol. The molecule has 0 aliphatic rings. The summed E-state index contributed by atoms with van der Waals surface area (Å²) in [5, 5.41) is 10.2. The van der Waals surface area contributed by atoms with Gasteiger partial charge >= 0.3 is 29.6 Å². The van der Waals surface area contributed by atoms with Gasteiger partial charge in [-0.05, 0) is 26.0 Å². The minimum atomic E-state index is -1.04. The Bertz CT molecular complexity index is 713. The molecule has 7 heteroatoms. The number of oxazole rings is 1. The van der Waals surface area contributed by atoms with Crippen LogP contribution in [0.15, 0.2) is 40.8 Å². The summed E-state index contributed by atoms with van der Waals surface area (Å²) >= 11 is 1.30. The molecule has 2 rings (SSSR count). The van der Waals surface area contributed by atoms with Crippen LogP contribution in [0.2, 0.25) is 0 Å². The number of benzene rings is 1. The summed E-state index contributed by atoms with van der Waals surface area (Å²) in [4.78, 5) is 14.8. The maximum atomic E-state index is 10.2. The SMILES string of the molecule is Cc1ccc(-c2nc(CCOC/C=C/CSCC(=O)[O-])c(C)o2)cc1.[Na+]. The van der Waals surface area contributed by atoms with Crippen molar-refractivity contribution in [1.29, 1.82) is 0 Å². The summed E-state index contributed by atoms with van der Waals surface area (Å²) in [6.45, 7) is 5.00. The Morgan fingerprint density at radius 3 is 2.69 bits per heavy atom. The first kappa shape index (κ1) is 23.0. The largest absolute Gasteiger partial charge is 1.00 e. The van der Waals surface area contributed by atoms with E-state index in [-0.39, 0.29) is 35.3 Å². The Morgan fingerprint density at radius 2 is 2.00 bits per heavy atom. The first-order valence-electron chi connectivity index (χ1n) is 8.10. The molecule has 0 N–H and O–H groups in total. The number of nitrogens with zero attached hydrogens (tertiary/aromatic N) is 1. The smallest absolute Gasteiger partial charge is 0.549 e. The normalized spacial score (nSPS) is 10.8. The summed E-state index contributed by atoms with van der Waals surface area (Å²) in [6, 6.07) is 8.08. The number of aliphatic carboxylic acids is 1. The summed E-state index contributed by atoms with van der Waals surface area (Å²) in [5.74, 6) is 1.06. The predicted octanol–water partition coefficient (Wildman–Crippen LogP) is -0.439. The van der Waals surface area contributed by atoms with E-state index >= 15 is 0 Å². The fourth-order valence-electron chi connectivity index (χ4n) is 2.15. The number of thioether (sulfide) groups is 1. The van der Waals surface area contributed by atoms with Gasteiger partial charge in [0.25, 0.3) is 0 Å². The molecule has 0 unspecified atom stereocenters. The average Bonchev–Trinajstić information content (AvgIpc) is 2.94. The standard InChI is InChI=1S/C19H23NO4S.Na/c1-14-5-7-16(8-6-14)19-20-17(15(2)24-19)9-11-23-10-3-4-12-25-13-18(21)22;/h3-8H,9-13H2,1-2H3,(H,21,22);/q;+1/p-1/b4-3+;. The summed E-state index contributed by atoms with van der Waals surface area (Å²) in [6.07, 6.45) is 4.47. The number of ether oxygens (including phenoxy) is 1. The number of carboxylic acids is 1. The molecule has 1 aromatic heterocycles. The van der Waals surface area contributed by atoms with Crippen LogP contribution >= 0.6 is 11.8 Å². The van der Waals surface area contributed by atoms with Gasteiger partial charge in [0.1, 0.15) is 5.76 Å². The van der Waals surface area contributed by atoms with Crippen molar-refractivity contribution in [3.8, 4) is 11.5 Å². The Balaban J connectivity index is 0.00000338. The third-order valence-electron chi connectivity index (χ3n) is 3.49. The van der Waals surface area contributed by atoms with Crippen LogP contribution in [0.1, 0.15) is 17.0 Å². The van der Waals surface area contributed by atoms with E-state index in [2.05, 4.69) is 4.98 Å². The molecular formula is C19H22NNaO4S. The number of carboxylic acid groups (broad SMARTS) is 1. The van der Waals surface area contributed by atoms with Crippen molar-refractivity contribution in [3.05, 3.63) is 53.4 Å². The molecule has 2 aromatic rings. The molecule has 0 radical (unpaired) electrons. The third kappa shape index (κ3) is 8.10. The van der Waals surface area contributed by atoms with Gasteiger partial charge in [-0.1, -0.05) is 29.8 Å². The Hall–Kier alpha value is -1.05. The molecule has 0 amide bonds. The maximum absolute atomic E-state index is 10.2. The molecule has 0 aliphatic heterocycles. The zero-order valence-electron chi connectivity index (χ0n) is 15.5. The zero-order chi connectivity index (χ0) is 18.1. The van der Waals surface area contributed by atoms with Crippen molar-refractivity contribution in [2.24, 2.45) is 0 Å². The van der Waals surface area contributed by atoms with E-state index in [0.29, 0.717) is 31.3 Å². The minimum absolute atomic E-state index is 0. The van der Waals surface area contributed by atoms with Crippen molar-refractivity contribution in [1.82, 2.24) is 4.98 Å². The first-order chi connectivity index (χ1) is 12.1. The van der Waals surface area contributed by atoms with Crippen LogP contribution in [-0.2, 0) is 16.0 Å². The molecule has 5 nitrogen and oxygen atoms in total. The van der Waals surface area contributed by atoms with E-state index in [4.69, 9.17) is 9.15 Å². The molecule has 1 aromatic carbocycles. The molecule has 1 heterocycles. The second-order valence-corrected chi connectivity index (χ2v) is 6.60. The van der Waals surface area contributed by atoms with Crippen LogP contribution < -0.4 is 34.7 Å². The van der Waals surface area contributed by atoms with Gasteiger partial charge in [0.05, 0.1) is 24.9 Å².